The van der Waals surface area contributed by atoms with Crippen LogP contribution in [0, 0.1) is 5.82 Å². The summed E-state index contributed by atoms with van der Waals surface area (Å²) < 4.78 is 42.8. The molecule has 24 heavy (non-hydrogen) atoms. The number of hydrogen-bond acceptors (Lipinski definition) is 5. The molecule has 1 heterocycles. The normalized spacial score (nSPS) is 18.1. The standard InChI is InChI=1S/C14H17FN2O6S/c1-23-11-4-3-9(7-10(11)15)13(14(19)20)16-12(18)8-17-5-2-6-24(17,21)22/h3-4,7,13H,2,5-6,8H2,1H3,(H,16,18)(H,19,20). The maximum atomic E-state index is 13.7. The molecular weight excluding hydrogens is 343 g/mol. The summed E-state index contributed by atoms with van der Waals surface area (Å²) in [4.78, 5) is 23.3. The molecule has 1 saturated heterocycles. The van der Waals surface area contributed by atoms with Gasteiger partial charge in [0.25, 0.3) is 0 Å². The molecule has 8 nitrogen and oxygen atoms in total. The Morgan fingerprint density at radius 1 is 1.46 bits per heavy atom. The van der Waals surface area contributed by atoms with E-state index in [1.165, 1.54) is 19.2 Å². The van der Waals surface area contributed by atoms with Crippen LogP contribution in [0.5, 0.6) is 5.75 Å². The molecule has 0 bridgehead atoms. The summed E-state index contributed by atoms with van der Waals surface area (Å²) in [5, 5.41) is 11.5. The number of aliphatic carboxylic acids is 1. The molecule has 1 aliphatic heterocycles. The van der Waals surface area contributed by atoms with Crippen LogP contribution in [-0.4, -0.2) is 55.7 Å². The largest absolute Gasteiger partial charge is 0.494 e. The van der Waals surface area contributed by atoms with Crippen LogP contribution in [0.1, 0.15) is 18.0 Å². The Morgan fingerprint density at radius 3 is 2.67 bits per heavy atom. The van der Waals surface area contributed by atoms with Gasteiger partial charge in [-0.15, -0.1) is 0 Å². The smallest absolute Gasteiger partial charge is 0.330 e. The number of carboxylic acid groups (broad SMARTS) is 1. The van der Waals surface area contributed by atoms with E-state index in [2.05, 4.69) is 5.32 Å². The van der Waals surface area contributed by atoms with Gasteiger partial charge in [0, 0.05) is 6.54 Å². The first kappa shape index (κ1) is 18.1. The van der Waals surface area contributed by atoms with E-state index in [1.807, 2.05) is 0 Å². The van der Waals surface area contributed by atoms with E-state index >= 15 is 0 Å². The van der Waals surface area contributed by atoms with Crippen LogP contribution in [0.25, 0.3) is 0 Å². The fourth-order valence-electron chi connectivity index (χ4n) is 2.39. The van der Waals surface area contributed by atoms with Crippen LogP contribution < -0.4 is 10.1 Å². The summed E-state index contributed by atoms with van der Waals surface area (Å²) in [5.41, 5.74) is 0.0124. The van der Waals surface area contributed by atoms with Crippen molar-refractivity contribution >= 4 is 21.9 Å². The van der Waals surface area contributed by atoms with Gasteiger partial charge >= 0.3 is 5.97 Å². The molecule has 2 N–H and O–H groups in total. The van der Waals surface area contributed by atoms with E-state index in [4.69, 9.17) is 4.74 Å². The third-order valence-electron chi connectivity index (χ3n) is 3.58. The second kappa shape index (κ2) is 7.14. The maximum Gasteiger partial charge on any atom is 0.330 e. The molecule has 0 spiro atoms. The number of hydrogen-bond donors (Lipinski definition) is 2. The fourth-order valence-corrected chi connectivity index (χ4v) is 3.86. The van der Waals surface area contributed by atoms with E-state index < -0.39 is 40.3 Å². The predicted molar refractivity (Wildman–Crippen MR) is 81.4 cm³/mol. The first-order valence-corrected chi connectivity index (χ1v) is 8.69. The zero-order valence-electron chi connectivity index (χ0n) is 12.9. The van der Waals surface area contributed by atoms with Crippen molar-refractivity contribution in [3.8, 4) is 5.75 Å². The lowest BCUT2D eigenvalue weighted by atomic mass is 10.1. The number of carbonyl (C=O) groups excluding carboxylic acids is 1. The number of ether oxygens (including phenoxy) is 1. The number of rotatable bonds is 6. The topological polar surface area (TPSA) is 113 Å². The number of nitrogens with one attached hydrogen (secondary N) is 1. The maximum absolute atomic E-state index is 13.7. The average Bonchev–Trinajstić information content (AvgIpc) is 2.83. The van der Waals surface area contributed by atoms with Gasteiger partial charge in [0.1, 0.15) is 0 Å². The second-order valence-electron chi connectivity index (χ2n) is 5.24. The average molecular weight is 360 g/mol. The molecule has 1 atom stereocenters. The molecule has 0 radical (unpaired) electrons. The van der Waals surface area contributed by atoms with E-state index in [9.17, 15) is 27.5 Å². The number of amides is 1. The second-order valence-corrected chi connectivity index (χ2v) is 7.32. The van der Waals surface area contributed by atoms with Crippen molar-refractivity contribution in [1.82, 2.24) is 9.62 Å². The van der Waals surface area contributed by atoms with E-state index in [-0.39, 0.29) is 23.6 Å². The Kier molecular flexibility index (Phi) is 5.40. The number of benzene rings is 1. The highest BCUT2D eigenvalue weighted by Crippen LogP contribution is 2.22. The number of methoxy groups -OCH3 is 1. The number of nitrogens with zero attached hydrogens (tertiary/aromatic N) is 1. The number of halogens is 1. The third kappa shape index (κ3) is 4.01. The van der Waals surface area contributed by atoms with Gasteiger partial charge in [-0.25, -0.2) is 17.6 Å². The Balaban J connectivity index is 2.12. The Morgan fingerprint density at radius 2 is 2.17 bits per heavy atom. The van der Waals surface area contributed by atoms with Crippen molar-refractivity contribution in [3.05, 3.63) is 29.6 Å². The quantitative estimate of drug-likeness (QED) is 0.745. The molecule has 1 aliphatic rings. The molecule has 0 saturated carbocycles. The molecule has 2 rings (SSSR count). The van der Waals surface area contributed by atoms with Gasteiger partial charge in [-0.3, -0.25) is 4.79 Å². The molecule has 1 aromatic carbocycles. The zero-order valence-corrected chi connectivity index (χ0v) is 13.7. The molecule has 1 amide bonds. The first-order chi connectivity index (χ1) is 11.2. The van der Waals surface area contributed by atoms with Crippen LogP contribution in [0.3, 0.4) is 0 Å². The van der Waals surface area contributed by atoms with Gasteiger partial charge in [0.15, 0.2) is 17.6 Å². The third-order valence-corrected chi connectivity index (χ3v) is 5.49. The minimum absolute atomic E-state index is 0.0124. The van der Waals surface area contributed by atoms with E-state index in [0.717, 1.165) is 10.4 Å². The SMILES string of the molecule is COc1ccc(C(NC(=O)CN2CCCS2(=O)=O)C(=O)O)cc1F. The van der Waals surface area contributed by atoms with Gasteiger partial charge in [0.2, 0.25) is 15.9 Å². The molecule has 1 unspecified atom stereocenters. The molecule has 132 valence electrons. The molecule has 0 aromatic heterocycles. The Hall–Kier alpha value is -2.20. The van der Waals surface area contributed by atoms with Crippen molar-refractivity contribution in [2.75, 3.05) is 26.0 Å². The summed E-state index contributed by atoms with van der Waals surface area (Å²) >= 11 is 0. The molecular formula is C14H17FN2O6S. The fraction of sp³-hybridized carbons (Fsp3) is 0.429. The number of carboxylic acids is 1. The molecule has 0 aliphatic carbocycles. The highest BCUT2D eigenvalue weighted by molar-refractivity contribution is 7.89. The van der Waals surface area contributed by atoms with Gasteiger partial charge in [-0.1, -0.05) is 6.07 Å². The Labute approximate surface area is 138 Å². The van der Waals surface area contributed by atoms with Gasteiger partial charge < -0.3 is 15.2 Å². The predicted octanol–water partition coefficient (Wildman–Crippen LogP) is 0.112. The van der Waals surface area contributed by atoms with Crippen molar-refractivity contribution < 1.29 is 32.2 Å². The zero-order chi connectivity index (χ0) is 17.9. The summed E-state index contributed by atoms with van der Waals surface area (Å²) in [7, 11) is -2.20. The van der Waals surface area contributed by atoms with Crippen molar-refractivity contribution in [2.45, 2.75) is 12.5 Å². The summed E-state index contributed by atoms with van der Waals surface area (Å²) in [6.45, 7) is -0.255. The summed E-state index contributed by atoms with van der Waals surface area (Å²) in [5.74, 6) is -3.02. The lowest BCUT2D eigenvalue weighted by Gasteiger charge is -2.18. The first-order valence-electron chi connectivity index (χ1n) is 7.08. The number of carbonyl (C=O) groups is 2. The molecule has 1 aromatic rings. The highest BCUT2D eigenvalue weighted by atomic mass is 32.2. The van der Waals surface area contributed by atoms with Crippen molar-refractivity contribution in [1.29, 1.82) is 0 Å². The van der Waals surface area contributed by atoms with Crippen LogP contribution >= 0.6 is 0 Å². The highest BCUT2D eigenvalue weighted by Gasteiger charge is 2.31. The van der Waals surface area contributed by atoms with Gasteiger partial charge in [-0.2, -0.15) is 4.31 Å². The van der Waals surface area contributed by atoms with Crippen LogP contribution in [0.15, 0.2) is 18.2 Å². The van der Waals surface area contributed by atoms with Crippen LogP contribution in [0.2, 0.25) is 0 Å². The van der Waals surface area contributed by atoms with Crippen molar-refractivity contribution in [3.63, 3.8) is 0 Å². The minimum atomic E-state index is -3.47. The lowest BCUT2D eigenvalue weighted by molar-refractivity contribution is -0.142. The van der Waals surface area contributed by atoms with Gasteiger partial charge in [0.05, 0.1) is 19.4 Å². The van der Waals surface area contributed by atoms with Crippen molar-refractivity contribution in [2.24, 2.45) is 0 Å². The van der Waals surface area contributed by atoms with E-state index in [0.29, 0.717) is 6.42 Å². The van der Waals surface area contributed by atoms with Crippen LogP contribution in [-0.2, 0) is 19.6 Å². The Bertz CT molecular complexity index is 752. The summed E-state index contributed by atoms with van der Waals surface area (Å²) in [6, 6.07) is 2.01. The molecule has 1 fully saturated rings. The molecule has 10 heteroatoms. The van der Waals surface area contributed by atoms with E-state index in [1.54, 1.807) is 0 Å². The monoisotopic (exact) mass is 360 g/mol. The minimum Gasteiger partial charge on any atom is -0.494 e. The number of sulfonamides is 1. The van der Waals surface area contributed by atoms with Gasteiger partial charge in [-0.05, 0) is 24.1 Å². The summed E-state index contributed by atoms with van der Waals surface area (Å²) in [6.07, 6.45) is 0.418. The van der Waals surface area contributed by atoms with Crippen LogP contribution in [0.4, 0.5) is 4.39 Å². The lowest BCUT2D eigenvalue weighted by Crippen LogP contribution is -2.41.